The van der Waals surface area contributed by atoms with Crippen molar-refractivity contribution in [2.45, 2.75) is 13.3 Å². The molecule has 1 aliphatic carbocycles. The minimum Gasteiger partial charge on any atom is -0.497 e. The fraction of sp³-hybridized carbons (Fsp3) is 0.211. The number of nitrogens with zero attached hydrogens (tertiary/aromatic N) is 1. The molecule has 2 aromatic rings. The number of thiophene rings is 1. The van der Waals surface area contributed by atoms with Crippen molar-refractivity contribution in [1.82, 2.24) is 0 Å². The summed E-state index contributed by atoms with van der Waals surface area (Å²) in [4.78, 5) is 24.3. The van der Waals surface area contributed by atoms with Crippen LogP contribution in [0.5, 0.6) is 0 Å². The number of allylic oxidation sites excluding steroid dienone is 2. The molecule has 0 fully saturated rings. The number of ether oxygens (including phenoxy) is 2. The molecule has 1 heterocycles. The molecule has 0 aliphatic heterocycles. The van der Waals surface area contributed by atoms with E-state index in [9.17, 15) is 14.9 Å². The number of anilines is 2. The second-order valence-corrected chi connectivity index (χ2v) is 6.68. The first kappa shape index (κ1) is 18.7. The molecule has 3 rings (SSSR count). The van der Waals surface area contributed by atoms with E-state index in [1.165, 1.54) is 17.4 Å². The Bertz CT molecular complexity index is 946. The second-order valence-electron chi connectivity index (χ2n) is 5.63. The van der Waals surface area contributed by atoms with Crippen LogP contribution in [-0.4, -0.2) is 24.6 Å². The van der Waals surface area contributed by atoms with Gasteiger partial charge in [-0.25, -0.2) is 4.79 Å². The molecule has 1 N–H and O–H groups in total. The standard InChI is InChI=1S/C19H18N2O5S/c1-3-26-19(22)17-13-8-6-7-12(25-2)11-16(13)27-18(17)20-14-9-4-5-10-15(14)21(23)24/h4-7,9-11,20H,3,8H2,1-2H3. The lowest BCUT2D eigenvalue weighted by Crippen LogP contribution is -2.09. The molecule has 140 valence electrons. The number of carbonyl (C=O) groups excluding carboxylic acids is 1. The number of rotatable bonds is 6. The summed E-state index contributed by atoms with van der Waals surface area (Å²) in [6.45, 7) is 1.98. The van der Waals surface area contributed by atoms with E-state index in [4.69, 9.17) is 9.47 Å². The summed E-state index contributed by atoms with van der Waals surface area (Å²) in [7, 11) is 1.58. The van der Waals surface area contributed by atoms with Gasteiger partial charge in [-0.1, -0.05) is 18.2 Å². The van der Waals surface area contributed by atoms with E-state index in [-0.39, 0.29) is 12.3 Å². The molecule has 1 aliphatic rings. The normalized spacial score (nSPS) is 12.6. The van der Waals surface area contributed by atoms with E-state index < -0.39 is 10.9 Å². The van der Waals surface area contributed by atoms with Gasteiger partial charge in [0.1, 0.15) is 16.4 Å². The van der Waals surface area contributed by atoms with Crippen molar-refractivity contribution < 1.29 is 19.2 Å². The molecule has 7 nitrogen and oxygen atoms in total. The molecule has 27 heavy (non-hydrogen) atoms. The van der Waals surface area contributed by atoms with Gasteiger partial charge >= 0.3 is 5.97 Å². The predicted octanol–water partition coefficient (Wildman–Crippen LogP) is 4.68. The highest BCUT2D eigenvalue weighted by Crippen LogP contribution is 2.40. The number of fused-ring (bicyclic) bond motifs is 1. The van der Waals surface area contributed by atoms with Crippen molar-refractivity contribution in [3.8, 4) is 0 Å². The second kappa shape index (κ2) is 8.05. The van der Waals surface area contributed by atoms with E-state index >= 15 is 0 Å². The third-order valence-corrected chi connectivity index (χ3v) is 5.07. The number of nitro benzene ring substituents is 1. The van der Waals surface area contributed by atoms with Gasteiger partial charge in [0.15, 0.2) is 0 Å². The van der Waals surface area contributed by atoms with Crippen molar-refractivity contribution in [3.05, 3.63) is 68.3 Å². The number of methoxy groups -OCH3 is 1. The summed E-state index contributed by atoms with van der Waals surface area (Å²) in [6.07, 6.45) is 6.13. The van der Waals surface area contributed by atoms with Crippen LogP contribution >= 0.6 is 11.3 Å². The lowest BCUT2D eigenvalue weighted by molar-refractivity contribution is -0.383. The molecule has 0 radical (unpaired) electrons. The monoisotopic (exact) mass is 386 g/mol. The van der Waals surface area contributed by atoms with Crippen LogP contribution in [0.1, 0.15) is 27.7 Å². The lowest BCUT2D eigenvalue weighted by Gasteiger charge is -2.09. The van der Waals surface area contributed by atoms with Gasteiger partial charge in [0.05, 0.1) is 24.2 Å². The Morgan fingerprint density at radius 1 is 1.37 bits per heavy atom. The number of nitrogens with one attached hydrogen (secondary N) is 1. The van der Waals surface area contributed by atoms with E-state index in [2.05, 4.69) is 5.32 Å². The predicted molar refractivity (Wildman–Crippen MR) is 104 cm³/mol. The Kier molecular flexibility index (Phi) is 5.56. The summed E-state index contributed by atoms with van der Waals surface area (Å²) in [6, 6.07) is 6.31. The van der Waals surface area contributed by atoms with Crippen molar-refractivity contribution in [1.29, 1.82) is 0 Å². The van der Waals surface area contributed by atoms with Gasteiger partial charge in [-0.15, -0.1) is 11.3 Å². The third kappa shape index (κ3) is 3.85. The van der Waals surface area contributed by atoms with Gasteiger partial charge < -0.3 is 14.8 Å². The number of esters is 1. The van der Waals surface area contributed by atoms with Crippen molar-refractivity contribution >= 4 is 39.8 Å². The van der Waals surface area contributed by atoms with Crippen LogP contribution in [-0.2, 0) is 15.9 Å². The zero-order chi connectivity index (χ0) is 19.4. The van der Waals surface area contributed by atoms with Crippen molar-refractivity contribution in [2.24, 2.45) is 0 Å². The maximum atomic E-state index is 12.6. The SMILES string of the molecule is CCOC(=O)c1c(Nc2ccccc2[N+](=O)[O-])sc2c1CC=CC(OC)=C2. The molecule has 0 bridgehead atoms. The number of nitro groups is 1. The number of para-hydroxylation sites is 2. The topological polar surface area (TPSA) is 90.7 Å². The summed E-state index contributed by atoms with van der Waals surface area (Å²) < 4.78 is 10.5. The molecular weight excluding hydrogens is 368 g/mol. The molecule has 0 atom stereocenters. The third-order valence-electron chi connectivity index (χ3n) is 3.98. The smallest absolute Gasteiger partial charge is 0.341 e. The zero-order valence-corrected chi connectivity index (χ0v) is 15.7. The summed E-state index contributed by atoms with van der Waals surface area (Å²) in [5.74, 6) is 0.210. The molecule has 0 saturated heterocycles. The Labute approximate surface area is 160 Å². The number of hydrogen-bond acceptors (Lipinski definition) is 7. The van der Waals surface area contributed by atoms with Crippen LogP contribution in [0.4, 0.5) is 16.4 Å². The van der Waals surface area contributed by atoms with Gasteiger partial charge in [0.2, 0.25) is 0 Å². The first-order chi connectivity index (χ1) is 13.0. The molecule has 0 amide bonds. The Morgan fingerprint density at radius 3 is 2.85 bits per heavy atom. The quantitative estimate of drug-likeness (QED) is 0.440. The average Bonchev–Trinajstić information content (AvgIpc) is 2.85. The van der Waals surface area contributed by atoms with E-state index in [1.54, 1.807) is 32.2 Å². The highest BCUT2D eigenvalue weighted by atomic mass is 32.1. The van der Waals surface area contributed by atoms with Gasteiger partial charge in [0.25, 0.3) is 5.69 Å². The average molecular weight is 386 g/mol. The summed E-state index contributed by atoms with van der Waals surface area (Å²) in [5, 5.41) is 14.9. The lowest BCUT2D eigenvalue weighted by atomic mass is 10.1. The van der Waals surface area contributed by atoms with Gasteiger partial charge in [0, 0.05) is 10.9 Å². The summed E-state index contributed by atoms with van der Waals surface area (Å²) >= 11 is 1.33. The number of carbonyl (C=O) groups is 1. The highest BCUT2D eigenvalue weighted by Gasteiger charge is 2.26. The molecule has 0 unspecified atom stereocenters. The molecule has 0 saturated carbocycles. The van der Waals surface area contributed by atoms with Crippen LogP contribution in [0.15, 0.2) is 42.2 Å². The van der Waals surface area contributed by atoms with Crippen LogP contribution in [0.3, 0.4) is 0 Å². The number of benzene rings is 1. The maximum absolute atomic E-state index is 12.6. The minimum atomic E-state index is -0.462. The molecule has 1 aromatic heterocycles. The van der Waals surface area contributed by atoms with E-state index in [0.717, 1.165) is 10.4 Å². The molecule has 1 aromatic carbocycles. The highest BCUT2D eigenvalue weighted by molar-refractivity contribution is 7.17. The first-order valence-electron chi connectivity index (χ1n) is 8.30. The van der Waals surface area contributed by atoms with Crippen LogP contribution in [0.2, 0.25) is 0 Å². The Morgan fingerprint density at radius 2 is 2.15 bits per heavy atom. The van der Waals surface area contributed by atoms with Crippen molar-refractivity contribution in [3.63, 3.8) is 0 Å². The Balaban J connectivity index is 2.11. The minimum absolute atomic E-state index is 0.0658. The van der Waals surface area contributed by atoms with Crippen LogP contribution in [0, 0.1) is 10.1 Å². The van der Waals surface area contributed by atoms with Crippen LogP contribution < -0.4 is 5.32 Å². The summed E-state index contributed by atoms with van der Waals surface area (Å²) in [5.41, 5.74) is 1.45. The van der Waals surface area contributed by atoms with Gasteiger partial charge in [-0.2, -0.15) is 0 Å². The molecular formula is C19H18N2O5S. The van der Waals surface area contributed by atoms with Crippen LogP contribution in [0.25, 0.3) is 6.08 Å². The number of hydrogen-bond donors (Lipinski definition) is 1. The van der Waals surface area contributed by atoms with Gasteiger partial charge in [-0.3, -0.25) is 10.1 Å². The fourth-order valence-corrected chi connectivity index (χ4v) is 3.94. The van der Waals surface area contributed by atoms with E-state index in [0.29, 0.717) is 28.4 Å². The zero-order valence-electron chi connectivity index (χ0n) is 14.9. The maximum Gasteiger partial charge on any atom is 0.341 e. The largest absolute Gasteiger partial charge is 0.497 e. The molecule has 8 heteroatoms. The Hall–Kier alpha value is -3.13. The molecule has 0 spiro atoms. The fourth-order valence-electron chi connectivity index (χ4n) is 2.77. The van der Waals surface area contributed by atoms with Gasteiger partial charge in [-0.05, 0) is 37.1 Å². The van der Waals surface area contributed by atoms with E-state index in [1.807, 2.05) is 18.2 Å². The van der Waals surface area contributed by atoms with Crippen molar-refractivity contribution in [2.75, 3.05) is 19.0 Å². The first-order valence-corrected chi connectivity index (χ1v) is 9.12.